The summed E-state index contributed by atoms with van der Waals surface area (Å²) in [5, 5.41) is 3.25. The molecule has 0 amide bonds. The lowest BCUT2D eigenvalue weighted by Crippen LogP contribution is -2.25. The molecule has 0 saturated carbocycles. The fourth-order valence-electron chi connectivity index (χ4n) is 1.52. The van der Waals surface area contributed by atoms with E-state index in [1.165, 1.54) is 6.07 Å². The van der Waals surface area contributed by atoms with E-state index >= 15 is 0 Å². The molecule has 1 aromatic carbocycles. The van der Waals surface area contributed by atoms with Crippen molar-refractivity contribution in [2.45, 2.75) is 20.3 Å². The van der Waals surface area contributed by atoms with E-state index in [1.54, 1.807) is 13.2 Å². The Balaban J connectivity index is 2.66. The zero-order valence-corrected chi connectivity index (χ0v) is 12.6. The number of nitrogen functional groups attached to an aromatic ring is 1. The molecule has 1 aromatic rings. The number of rotatable bonds is 6. The average molecular weight is 319 g/mol. The Labute approximate surface area is 116 Å². The molecule has 0 aliphatic heterocycles. The van der Waals surface area contributed by atoms with Crippen molar-refractivity contribution in [3.63, 3.8) is 0 Å². The van der Waals surface area contributed by atoms with Crippen LogP contribution in [0, 0.1) is 11.2 Å². The molecule has 3 N–H and O–H groups in total. The molecule has 0 aliphatic rings. The molecule has 1 rings (SSSR count). The van der Waals surface area contributed by atoms with Crippen LogP contribution in [-0.4, -0.2) is 20.3 Å². The van der Waals surface area contributed by atoms with E-state index in [9.17, 15) is 4.39 Å². The number of nitrogens with two attached hydrogens (primary N) is 1. The maximum absolute atomic E-state index is 13.2. The van der Waals surface area contributed by atoms with Gasteiger partial charge in [0.1, 0.15) is 5.82 Å². The van der Waals surface area contributed by atoms with Crippen LogP contribution in [0.5, 0.6) is 0 Å². The molecule has 102 valence electrons. The summed E-state index contributed by atoms with van der Waals surface area (Å²) in [5.74, 6) is -0.350. The van der Waals surface area contributed by atoms with E-state index in [4.69, 9.17) is 10.5 Å². The largest absolute Gasteiger partial charge is 0.397 e. The van der Waals surface area contributed by atoms with Crippen LogP contribution in [0.2, 0.25) is 0 Å². The predicted molar refractivity (Wildman–Crippen MR) is 77.3 cm³/mol. The van der Waals surface area contributed by atoms with Gasteiger partial charge in [-0.3, -0.25) is 0 Å². The Hall–Kier alpha value is -0.810. The van der Waals surface area contributed by atoms with Crippen LogP contribution in [-0.2, 0) is 4.74 Å². The van der Waals surface area contributed by atoms with Gasteiger partial charge in [0.2, 0.25) is 0 Å². The summed E-state index contributed by atoms with van der Waals surface area (Å²) in [5.41, 5.74) is 7.02. The lowest BCUT2D eigenvalue weighted by molar-refractivity contribution is 0.157. The molecule has 0 radical (unpaired) electrons. The zero-order chi connectivity index (χ0) is 13.8. The number of benzene rings is 1. The number of ether oxygens (including phenoxy) is 1. The molecule has 5 heteroatoms. The Morgan fingerprint density at radius 1 is 1.44 bits per heavy atom. The molecule has 0 unspecified atom stereocenters. The summed E-state index contributed by atoms with van der Waals surface area (Å²) in [7, 11) is 1.69. The quantitative estimate of drug-likeness (QED) is 0.787. The number of anilines is 2. The van der Waals surface area contributed by atoms with Crippen molar-refractivity contribution in [1.82, 2.24) is 0 Å². The summed E-state index contributed by atoms with van der Waals surface area (Å²) >= 11 is 3.15. The minimum Gasteiger partial charge on any atom is -0.397 e. The fraction of sp³-hybridized carbons (Fsp3) is 0.538. The van der Waals surface area contributed by atoms with Gasteiger partial charge >= 0.3 is 0 Å². The molecule has 0 heterocycles. The second kappa shape index (κ2) is 6.38. The molecule has 0 bridgehead atoms. The van der Waals surface area contributed by atoms with E-state index in [2.05, 4.69) is 35.1 Å². The smallest absolute Gasteiger partial charge is 0.139 e. The Kier molecular flexibility index (Phi) is 5.41. The van der Waals surface area contributed by atoms with Gasteiger partial charge in [0.25, 0.3) is 0 Å². The zero-order valence-electron chi connectivity index (χ0n) is 11.0. The fourth-order valence-corrected chi connectivity index (χ4v) is 1.86. The Morgan fingerprint density at radius 3 is 2.72 bits per heavy atom. The first-order valence-electron chi connectivity index (χ1n) is 5.83. The van der Waals surface area contributed by atoms with Gasteiger partial charge in [0.05, 0.1) is 15.8 Å². The maximum Gasteiger partial charge on any atom is 0.139 e. The van der Waals surface area contributed by atoms with E-state index in [0.717, 1.165) is 25.3 Å². The molecule has 0 fully saturated rings. The third kappa shape index (κ3) is 4.46. The molecular weight excluding hydrogens is 299 g/mol. The first-order valence-corrected chi connectivity index (χ1v) is 6.62. The van der Waals surface area contributed by atoms with Crippen molar-refractivity contribution in [3.05, 3.63) is 22.4 Å². The van der Waals surface area contributed by atoms with Crippen molar-refractivity contribution < 1.29 is 9.13 Å². The van der Waals surface area contributed by atoms with Crippen LogP contribution in [0.4, 0.5) is 15.8 Å². The van der Waals surface area contributed by atoms with Crippen molar-refractivity contribution in [1.29, 1.82) is 0 Å². The van der Waals surface area contributed by atoms with Gasteiger partial charge in [-0.05, 0) is 33.8 Å². The van der Waals surface area contributed by atoms with Crippen LogP contribution in [0.1, 0.15) is 20.3 Å². The second-order valence-corrected chi connectivity index (χ2v) is 5.97. The van der Waals surface area contributed by atoms with Gasteiger partial charge in [0.15, 0.2) is 0 Å². The highest BCUT2D eigenvalue weighted by Gasteiger charge is 2.18. The van der Waals surface area contributed by atoms with E-state index < -0.39 is 0 Å². The first-order chi connectivity index (χ1) is 8.35. The topological polar surface area (TPSA) is 47.3 Å². The van der Waals surface area contributed by atoms with Crippen LogP contribution >= 0.6 is 15.9 Å². The third-order valence-corrected chi connectivity index (χ3v) is 3.44. The highest BCUT2D eigenvalue weighted by molar-refractivity contribution is 9.10. The van der Waals surface area contributed by atoms with Crippen molar-refractivity contribution in [2.24, 2.45) is 5.41 Å². The van der Waals surface area contributed by atoms with Crippen LogP contribution in [0.3, 0.4) is 0 Å². The lowest BCUT2D eigenvalue weighted by atomic mass is 9.89. The number of nitrogens with one attached hydrogen (secondary N) is 1. The number of hydrogen-bond donors (Lipinski definition) is 2. The summed E-state index contributed by atoms with van der Waals surface area (Å²) < 4.78 is 18.7. The molecule has 0 aliphatic carbocycles. The van der Waals surface area contributed by atoms with Gasteiger partial charge in [-0.1, -0.05) is 13.8 Å². The summed E-state index contributed by atoms with van der Waals surface area (Å²) in [6.07, 6.45) is 0.943. The summed E-state index contributed by atoms with van der Waals surface area (Å²) in [4.78, 5) is 0. The average Bonchev–Trinajstić information content (AvgIpc) is 2.30. The van der Waals surface area contributed by atoms with Crippen LogP contribution in [0.25, 0.3) is 0 Å². The third-order valence-electron chi connectivity index (χ3n) is 2.83. The Bertz CT molecular complexity index is 410. The number of methoxy groups -OCH3 is 1. The SMILES string of the molecule is COCCC(C)(C)CNc1cc(Br)c(F)cc1N. The van der Waals surface area contributed by atoms with Crippen molar-refractivity contribution in [2.75, 3.05) is 31.3 Å². The van der Waals surface area contributed by atoms with Gasteiger partial charge in [-0.15, -0.1) is 0 Å². The molecule has 0 spiro atoms. The van der Waals surface area contributed by atoms with Gasteiger partial charge < -0.3 is 15.8 Å². The van der Waals surface area contributed by atoms with E-state index in [0.29, 0.717) is 10.2 Å². The molecule has 3 nitrogen and oxygen atoms in total. The monoisotopic (exact) mass is 318 g/mol. The standard InChI is InChI=1S/C13H20BrFN2O/c1-13(2,4-5-18-3)8-17-12-6-9(14)10(15)7-11(12)16/h6-7,17H,4-5,8,16H2,1-3H3. The highest BCUT2D eigenvalue weighted by Crippen LogP contribution is 2.28. The number of hydrogen-bond acceptors (Lipinski definition) is 3. The van der Waals surface area contributed by atoms with Crippen LogP contribution in [0.15, 0.2) is 16.6 Å². The summed E-state index contributed by atoms with van der Waals surface area (Å²) in [6, 6.07) is 2.98. The molecule has 0 atom stereocenters. The molecule has 0 aromatic heterocycles. The van der Waals surface area contributed by atoms with Crippen LogP contribution < -0.4 is 11.1 Å². The maximum atomic E-state index is 13.2. The number of halogens is 2. The molecular formula is C13H20BrFN2O. The van der Waals surface area contributed by atoms with Gasteiger partial charge in [-0.25, -0.2) is 4.39 Å². The highest BCUT2D eigenvalue weighted by atomic mass is 79.9. The normalized spacial score (nSPS) is 11.6. The minimum absolute atomic E-state index is 0.0866. The molecule has 0 saturated heterocycles. The van der Waals surface area contributed by atoms with E-state index in [-0.39, 0.29) is 11.2 Å². The Morgan fingerprint density at radius 2 is 2.11 bits per heavy atom. The second-order valence-electron chi connectivity index (χ2n) is 5.11. The first kappa shape index (κ1) is 15.2. The van der Waals surface area contributed by atoms with Gasteiger partial charge in [0, 0.05) is 26.3 Å². The predicted octanol–water partition coefficient (Wildman–Crippen LogP) is 3.65. The lowest BCUT2D eigenvalue weighted by Gasteiger charge is -2.25. The van der Waals surface area contributed by atoms with Gasteiger partial charge in [-0.2, -0.15) is 0 Å². The van der Waals surface area contributed by atoms with Crippen molar-refractivity contribution in [3.8, 4) is 0 Å². The molecule has 18 heavy (non-hydrogen) atoms. The minimum atomic E-state index is -0.350. The van der Waals surface area contributed by atoms with E-state index in [1.807, 2.05) is 0 Å². The summed E-state index contributed by atoms with van der Waals surface area (Å²) in [6.45, 7) is 5.76. The van der Waals surface area contributed by atoms with Crippen molar-refractivity contribution >= 4 is 27.3 Å².